The van der Waals surface area contributed by atoms with Gasteiger partial charge in [-0.05, 0) is 6.92 Å². The summed E-state index contributed by atoms with van der Waals surface area (Å²) in [5.74, 6) is -5.57. The predicted molar refractivity (Wildman–Crippen MR) is 57.8 cm³/mol. The second-order valence-electron chi connectivity index (χ2n) is 4.21. The van der Waals surface area contributed by atoms with Crippen LogP contribution in [0.5, 0.6) is 0 Å². The SMILES string of the molecule is CC(C(=O)O)C1=CC(=O)N(N2C(=O)CCC2=O)C1=O. The average Bonchev–Trinajstić information content (AvgIpc) is 2.80. The molecule has 0 aliphatic carbocycles. The molecule has 2 rings (SSSR count). The Balaban J connectivity index is 2.31. The van der Waals surface area contributed by atoms with Gasteiger partial charge in [0.15, 0.2) is 0 Å². The van der Waals surface area contributed by atoms with Crippen LogP contribution in [0.25, 0.3) is 0 Å². The molecule has 0 aromatic heterocycles. The van der Waals surface area contributed by atoms with E-state index in [-0.39, 0.29) is 18.4 Å². The first kappa shape index (κ1) is 12.9. The van der Waals surface area contributed by atoms with Gasteiger partial charge in [-0.1, -0.05) is 0 Å². The van der Waals surface area contributed by atoms with Crippen LogP contribution in [0.1, 0.15) is 19.8 Å². The van der Waals surface area contributed by atoms with Gasteiger partial charge in [-0.3, -0.25) is 24.0 Å². The van der Waals surface area contributed by atoms with Gasteiger partial charge in [0.05, 0.1) is 5.92 Å². The number of aliphatic carboxylic acids is 1. The van der Waals surface area contributed by atoms with Crippen molar-refractivity contribution in [2.75, 3.05) is 0 Å². The maximum atomic E-state index is 12.0. The standard InChI is InChI=1S/C11H10N2O6/c1-5(11(18)19)6-4-9(16)13(10(6)17)12-7(14)2-3-8(12)15/h4-5H,2-3H2,1H3,(H,18,19). The van der Waals surface area contributed by atoms with E-state index in [4.69, 9.17) is 5.11 Å². The summed E-state index contributed by atoms with van der Waals surface area (Å²) in [7, 11) is 0. The molecule has 0 aromatic carbocycles. The summed E-state index contributed by atoms with van der Waals surface area (Å²) >= 11 is 0. The molecule has 4 amide bonds. The predicted octanol–water partition coefficient (Wildman–Crippen LogP) is -0.934. The molecule has 1 N–H and O–H groups in total. The molecule has 2 aliphatic heterocycles. The third-order valence-electron chi connectivity index (χ3n) is 2.99. The Hall–Kier alpha value is -2.51. The number of carboxylic acid groups (broad SMARTS) is 1. The van der Waals surface area contributed by atoms with Gasteiger partial charge in [0, 0.05) is 24.5 Å². The lowest BCUT2D eigenvalue weighted by atomic mass is 10.0. The van der Waals surface area contributed by atoms with Crippen LogP contribution in [0.4, 0.5) is 0 Å². The fraction of sp³-hybridized carbons (Fsp3) is 0.364. The number of carboxylic acids is 1. The number of imide groups is 2. The summed E-state index contributed by atoms with van der Waals surface area (Å²) in [6.45, 7) is 1.25. The normalized spacial score (nSPS) is 21.2. The van der Waals surface area contributed by atoms with Crippen LogP contribution < -0.4 is 0 Å². The highest BCUT2D eigenvalue weighted by atomic mass is 16.4. The second-order valence-corrected chi connectivity index (χ2v) is 4.21. The lowest BCUT2D eigenvalue weighted by Crippen LogP contribution is -2.50. The van der Waals surface area contributed by atoms with Crippen molar-refractivity contribution in [3.63, 3.8) is 0 Å². The Morgan fingerprint density at radius 1 is 1.16 bits per heavy atom. The van der Waals surface area contributed by atoms with Crippen molar-refractivity contribution >= 4 is 29.6 Å². The van der Waals surface area contributed by atoms with Crippen molar-refractivity contribution in [3.05, 3.63) is 11.6 Å². The molecular formula is C11H10N2O6. The maximum Gasteiger partial charge on any atom is 0.310 e. The van der Waals surface area contributed by atoms with E-state index in [1.54, 1.807) is 0 Å². The van der Waals surface area contributed by atoms with Crippen molar-refractivity contribution in [3.8, 4) is 0 Å². The van der Waals surface area contributed by atoms with Crippen LogP contribution >= 0.6 is 0 Å². The second kappa shape index (κ2) is 4.30. The lowest BCUT2D eigenvalue weighted by Gasteiger charge is -2.24. The van der Waals surface area contributed by atoms with Gasteiger partial charge < -0.3 is 5.11 Å². The molecule has 19 heavy (non-hydrogen) atoms. The van der Waals surface area contributed by atoms with E-state index in [2.05, 4.69) is 0 Å². The Bertz CT molecular complexity index is 533. The fourth-order valence-corrected chi connectivity index (χ4v) is 1.90. The summed E-state index contributed by atoms with van der Waals surface area (Å²) in [4.78, 5) is 57.5. The van der Waals surface area contributed by atoms with Gasteiger partial charge in [0.2, 0.25) is 11.8 Å². The molecule has 0 radical (unpaired) electrons. The Kier molecular flexibility index (Phi) is 2.93. The average molecular weight is 266 g/mol. The largest absolute Gasteiger partial charge is 0.481 e. The minimum absolute atomic E-state index is 0.0697. The molecule has 2 heterocycles. The van der Waals surface area contributed by atoms with E-state index in [1.807, 2.05) is 0 Å². The molecule has 100 valence electrons. The van der Waals surface area contributed by atoms with Gasteiger partial charge in [-0.15, -0.1) is 0 Å². The highest BCUT2D eigenvalue weighted by Crippen LogP contribution is 2.25. The van der Waals surface area contributed by atoms with E-state index in [9.17, 15) is 24.0 Å². The van der Waals surface area contributed by atoms with Crippen LogP contribution in [0.2, 0.25) is 0 Å². The fourth-order valence-electron chi connectivity index (χ4n) is 1.90. The molecule has 0 saturated carbocycles. The molecule has 0 spiro atoms. The molecule has 2 aliphatic rings. The monoisotopic (exact) mass is 266 g/mol. The Labute approximate surface area is 107 Å². The lowest BCUT2D eigenvalue weighted by molar-refractivity contribution is -0.171. The maximum absolute atomic E-state index is 12.0. The molecular weight excluding hydrogens is 256 g/mol. The zero-order chi connectivity index (χ0) is 14.3. The van der Waals surface area contributed by atoms with Crippen LogP contribution in [0.15, 0.2) is 11.6 Å². The van der Waals surface area contributed by atoms with E-state index < -0.39 is 35.5 Å². The first-order valence-corrected chi connectivity index (χ1v) is 5.53. The van der Waals surface area contributed by atoms with Crippen molar-refractivity contribution < 1.29 is 29.1 Å². The smallest absolute Gasteiger partial charge is 0.310 e. The summed E-state index contributed by atoms with van der Waals surface area (Å²) < 4.78 is 0. The first-order valence-electron chi connectivity index (χ1n) is 5.53. The van der Waals surface area contributed by atoms with Gasteiger partial charge in [0.25, 0.3) is 11.8 Å². The Morgan fingerprint density at radius 3 is 2.16 bits per heavy atom. The third kappa shape index (κ3) is 1.90. The number of nitrogens with zero attached hydrogens (tertiary/aromatic N) is 2. The van der Waals surface area contributed by atoms with Gasteiger partial charge in [0.1, 0.15) is 0 Å². The molecule has 8 heteroatoms. The number of hydrogen-bond donors (Lipinski definition) is 1. The van der Waals surface area contributed by atoms with E-state index in [1.165, 1.54) is 6.92 Å². The first-order chi connectivity index (χ1) is 8.84. The highest BCUT2D eigenvalue weighted by Gasteiger charge is 2.45. The number of hydrazine groups is 1. The molecule has 1 fully saturated rings. The zero-order valence-electron chi connectivity index (χ0n) is 9.95. The van der Waals surface area contributed by atoms with Crippen molar-refractivity contribution in [1.29, 1.82) is 0 Å². The quantitative estimate of drug-likeness (QED) is 0.660. The Morgan fingerprint density at radius 2 is 1.68 bits per heavy atom. The number of amides is 4. The zero-order valence-corrected chi connectivity index (χ0v) is 9.95. The van der Waals surface area contributed by atoms with E-state index >= 15 is 0 Å². The summed E-state index contributed by atoms with van der Waals surface area (Å²) in [6, 6.07) is 0. The molecule has 1 saturated heterocycles. The highest BCUT2D eigenvalue weighted by molar-refractivity contribution is 6.20. The topological polar surface area (TPSA) is 112 Å². The van der Waals surface area contributed by atoms with Gasteiger partial charge in [-0.2, -0.15) is 10.0 Å². The van der Waals surface area contributed by atoms with Crippen molar-refractivity contribution in [2.45, 2.75) is 19.8 Å². The van der Waals surface area contributed by atoms with Gasteiger partial charge >= 0.3 is 5.97 Å². The molecule has 1 unspecified atom stereocenters. The van der Waals surface area contributed by atoms with Crippen LogP contribution in [-0.4, -0.2) is 44.7 Å². The molecule has 0 aromatic rings. The van der Waals surface area contributed by atoms with E-state index in [0.717, 1.165) is 6.08 Å². The molecule has 0 bridgehead atoms. The van der Waals surface area contributed by atoms with Gasteiger partial charge in [-0.25, -0.2) is 0 Å². The summed E-state index contributed by atoms with van der Waals surface area (Å²) in [5, 5.41) is 9.73. The van der Waals surface area contributed by atoms with Crippen LogP contribution in [-0.2, 0) is 24.0 Å². The minimum Gasteiger partial charge on any atom is -0.481 e. The van der Waals surface area contributed by atoms with Crippen molar-refractivity contribution in [2.24, 2.45) is 5.92 Å². The van der Waals surface area contributed by atoms with Crippen LogP contribution in [0.3, 0.4) is 0 Å². The van der Waals surface area contributed by atoms with Crippen LogP contribution in [0, 0.1) is 5.92 Å². The van der Waals surface area contributed by atoms with Crippen molar-refractivity contribution in [1.82, 2.24) is 10.0 Å². The summed E-state index contributed by atoms with van der Waals surface area (Å²) in [6.07, 6.45) is 0.708. The minimum atomic E-state index is -1.27. The molecule has 8 nitrogen and oxygen atoms in total. The number of carbonyl (C=O) groups excluding carboxylic acids is 4. The third-order valence-corrected chi connectivity index (χ3v) is 2.99. The summed E-state index contributed by atoms with van der Waals surface area (Å²) in [5.41, 5.74) is -0.245. The number of carbonyl (C=O) groups is 5. The number of hydrogen-bond acceptors (Lipinski definition) is 5. The molecule has 1 atom stereocenters. The van der Waals surface area contributed by atoms with E-state index in [0.29, 0.717) is 10.0 Å². The number of rotatable bonds is 3.